The Morgan fingerprint density at radius 1 is 1.32 bits per heavy atom. The Labute approximate surface area is 165 Å². The molecule has 1 aliphatic heterocycles. The highest BCUT2D eigenvalue weighted by atomic mass is 35.5. The topological polar surface area (TPSA) is 105 Å². The van der Waals surface area contributed by atoms with Crippen molar-refractivity contribution in [3.05, 3.63) is 57.1 Å². The molecule has 0 bridgehead atoms. The lowest BCUT2D eigenvalue weighted by molar-refractivity contribution is -0.384. The van der Waals surface area contributed by atoms with Gasteiger partial charge in [-0.25, -0.2) is 0 Å². The normalized spacial score (nSPS) is 18.0. The molecular weight excluding hydrogens is 390 g/mol. The van der Waals surface area contributed by atoms with Gasteiger partial charge in [-0.3, -0.25) is 19.7 Å². The van der Waals surface area contributed by atoms with Crippen molar-refractivity contribution in [2.45, 2.75) is 25.9 Å². The quantitative estimate of drug-likeness (QED) is 0.320. The number of nitro groups is 1. The Bertz CT molecular complexity index is 957. The summed E-state index contributed by atoms with van der Waals surface area (Å²) in [5.41, 5.74) is -0.735. The Kier molecular flexibility index (Phi) is 5.24. The summed E-state index contributed by atoms with van der Waals surface area (Å²) in [6.07, 6.45) is 0.0358. The molecule has 1 aliphatic rings. The number of Topliss-reactive ketones (excluding diaryl/α,β-unsaturated/α-hetero) is 1. The molecule has 0 fully saturated rings. The maximum Gasteiger partial charge on any atom is 0.308 e. The number of carbonyl (C=O) groups is 2. The Hall–Kier alpha value is -3.13. The second-order valence-electron chi connectivity index (χ2n) is 6.56. The third-order valence-corrected chi connectivity index (χ3v) is 4.37. The van der Waals surface area contributed by atoms with Gasteiger partial charge in [0.15, 0.2) is 5.78 Å². The zero-order valence-corrected chi connectivity index (χ0v) is 15.8. The first-order chi connectivity index (χ1) is 13.2. The summed E-state index contributed by atoms with van der Waals surface area (Å²) in [5, 5.41) is 10.8. The van der Waals surface area contributed by atoms with Crippen LogP contribution in [0.1, 0.15) is 30.6 Å². The Balaban J connectivity index is 1.76. The van der Waals surface area contributed by atoms with Crippen molar-refractivity contribution in [2.75, 3.05) is 6.61 Å². The molecule has 1 heterocycles. The van der Waals surface area contributed by atoms with Gasteiger partial charge >= 0.3 is 5.97 Å². The molecule has 0 aliphatic carbocycles. The number of benzene rings is 2. The minimum Gasteiger partial charge on any atom is -0.489 e. The summed E-state index contributed by atoms with van der Waals surface area (Å²) in [6, 6.07) is 8.42. The predicted octanol–water partition coefficient (Wildman–Crippen LogP) is 3.98. The molecule has 9 heteroatoms. The maximum absolute atomic E-state index is 12.6. The van der Waals surface area contributed by atoms with Gasteiger partial charge in [-0.15, -0.1) is 0 Å². The second-order valence-corrected chi connectivity index (χ2v) is 6.97. The molecule has 0 N–H and O–H groups in total. The number of hydrogen-bond acceptors (Lipinski definition) is 7. The van der Waals surface area contributed by atoms with E-state index in [1.165, 1.54) is 43.3 Å². The van der Waals surface area contributed by atoms with E-state index in [9.17, 15) is 19.7 Å². The van der Waals surface area contributed by atoms with E-state index >= 15 is 0 Å². The number of rotatable bonds is 5. The average Bonchev–Trinajstić information content (AvgIpc) is 2.61. The van der Waals surface area contributed by atoms with Gasteiger partial charge in [-0.05, 0) is 25.1 Å². The molecule has 1 atom stereocenters. The van der Waals surface area contributed by atoms with Crippen LogP contribution < -0.4 is 14.2 Å². The van der Waals surface area contributed by atoms with Crippen LogP contribution in [0.4, 0.5) is 5.69 Å². The molecule has 8 nitrogen and oxygen atoms in total. The highest BCUT2D eigenvalue weighted by Gasteiger charge is 2.38. The van der Waals surface area contributed by atoms with Crippen LogP contribution in [0.15, 0.2) is 36.4 Å². The van der Waals surface area contributed by atoms with Crippen LogP contribution in [0.3, 0.4) is 0 Å². The summed E-state index contributed by atoms with van der Waals surface area (Å²) < 4.78 is 16.6. The number of nitro benzene ring substituents is 1. The number of esters is 1. The number of hydrogen-bond donors (Lipinski definition) is 0. The summed E-state index contributed by atoms with van der Waals surface area (Å²) in [7, 11) is 0. The molecule has 0 amide bonds. The Morgan fingerprint density at radius 3 is 2.61 bits per heavy atom. The summed E-state index contributed by atoms with van der Waals surface area (Å²) >= 11 is 6.10. The van der Waals surface area contributed by atoms with Crippen LogP contribution in [0, 0.1) is 10.1 Å². The van der Waals surface area contributed by atoms with Gasteiger partial charge in [0.25, 0.3) is 5.69 Å². The second kappa shape index (κ2) is 7.47. The third kappa shape index (κ3) is 4.23. The minimum absolute atomic E-state index is 0.0358. The fourth-order valence-corrected chi connectivity index (χ4v) is 2.98. The first kappa shape index (κ1) is 19.6. The smallest absolute Gasteiger partial charge is 0.308 e. The molecule has 0 radical (unpaired) electrons. The largest absolute Gasteiger partial charge is 0.489 e. The lowest BCUT2D eigenvalue weighted by Gasteiger charge is -2.34. The molecule has 0 aromatic heterocycles. The molecule has 146 valence electrons. The number of non-ortho nitro benzene ring substituents is 1. The summed E-state index contributed by atoms with van der Waals surface area (Å²) in [4.78, 5) is 33.9. The van der Waals surface area contributed by atoms with E-state index < -0.39 is 16.5 Å². The number of nitrogens with zero attached hydrogens (tertiary/aromatic N) is 1. The van der Waals surface area contributed by atoms with Crippen molar-refractivity contribution in [1.29, 1.82) is 0 Å². The van der Waals surface area contributed by atoms with E-state index in [0.29, 0.717) is 5.75 Å². The maximum atomic E-state index is 12.6. The van der Waals surface area contributed by atoms with Gasteiger partial charge in [0.2, 0.25) is 0 Å². The molecular formula is C19H16ClNO7. The van der Waals surface area contributed by atoms with Crippen molar-refractivity contribution in [3.63, 3.8) is 0 Å². The van der Waals surface area contributed by atoms with Gasteiger partial charge < -0.3 is 14.2 Å². The van der Waals surface area contributed by atoms with Crippen LogP contribution in [-0.2, 0) is 4.79 Å². The fourth-order valence-electron chi connectivity index (χ4n) is 2.79. The van der Waals surface area contributed by atoms with Crippen LogP contribution in [0.25, 0.3) is 0 Å². The first-order valence-electron chi connectivity index (χ1n) is 8.28. The van der Waals surface area contributed by atoms with Crippen LogP contribution >= 0.6 is 11.6 Å². The molecule has 2 aromatic carbocycles. The van der Waals surface area contributed by atoms with Crippen molar-refractivity contribution >= 4 is 29.0 Å². The van der Waals surface area contributed by atoms with E-state index in [-0.39, 0.29) is 46.6 Å². The summed E-state index contributed by atoms with van der Waals surface area (Å²) in [6.45, 7) is 2.99. The SMILES string of the molecule is CC(=O)Oc1cc2c(cc1Cl)OC(C)(COc1ccc([N+](=O)[O-])cc1)CC2=O. The van der Waals surface area contributed by atoms with Gasteiger partial charge in [0.1, 0.15) is 29.5 Å². The highest BCUT2D eigenvalue weighted by molar-refractivity contribution is 6.32. The van der Waals surface area contributed by atoms with Gasteiger partial charge in [0.05, 0.1) is 21.9 Å². The third-order valence-electron chi connectivity index (χ3n) is 4.07. The lowest BCUT2D eigenvalue weighted by Crippen LogP contribution is -2.44. The van der Waals surface area contributed by atoms with Gasteiger partial charge in [-0.2, -0.15) is 0 Å². The first-order valence-corrected chi connectivity index (χ1v) is 8.66. The number of carbonyl (C=O) groups excluding carboxylic acids is 2. The zero-order chi connectivity index (χ0) is 20.5. The molecule has 2 aromatic rings. The number of ketones is 1. The van der Waals surface area contributed by atoms with Crippen molar-refractivity contribution in [1.82, 2.24) is 0 Å². The van der Waals surface area contributed by atoms with Gasteiger partial charge in [-0.1, -0.05) is 11.6 Å². The molecule has 0 saturated heterocycles. The predicted molar refractivity (Wildman–Crippen MR) is 99.3 cm³/mol. The van der Waals surface area contributed by atoms with Crippen molar-refractivity contribution in [3.8, 4) is 17.2 Å². The van der Waals surface area contributed by atoms with Gasteiger partial charge in [0, 0.05) is 25.1 Å². The fraction of sp³-hybridized carbons (Fsp3) is 0.263. The highest BCUT2D eigenvalue weighted by Crippen LogP contribution is 2.39. The van der Waals surface area contributed by atoms with E-state index in [0.717, 1.165) is 0 Å². The molecule has 3 rings (SSSR count). The molecule has 0 saturated carbocycles. The lowest BCUT2D eigenvalue weighted by atomic mass is 9.92. The van der Waals surface area contributed by atoms with Crippen LogP contribution in [-0.4, -0.2) is 28.9 Å². The summed E-state index contributed by atoms with van der Waals surface area (Å²) in [5.74, 6) is 0.0212. The number of halogens is 1. The standard InChI is InChI=1S/C19H16ClNO7/c1-11(22)27-18-7-14-16(23)9-19(2,28-17(14)8-15(18)20)10-26-13-5-3-12(4-6-13)21(24)25/h3-8H,9-10H2,1-2H3. The molecule has 28 heavy (non-hydrogen) atoms. The van der Waals surface area contributed by atoms with Crippen LogP contribution in [0.5, 0.6) is 17.2 Å². The average molecular weight is 406 g/mol. The monoisotopic (exact) mass is 405 g/mol. The van der Waals surface area contributed by atoms with Crippen molar-refractivity contribution in [2.24, 2.45) is 0 Å². The van der Waals surface area contributed by atoms with E-state index in [2.05, 4.69) is 0 Å². The van der Waals surface area contributed by atoms with Crippen molar-refractivity contribution < 1.29 is 28.7 Å². The number of ether oxygens (including phenoxy) is 3. The van der Waals surface area contributed by atoms with E-state index in [1.807, 2.05) is 0 Å². The number of fused-ring (bicyclic) bond motifs is 1. The molecule has 1 unspecified atom stereocenters. The minimum atomic E-state index is -0.960. The van der Waals surface area contributed by atoms with E-state index in [1.54, 1.807) is 6.92 Å². The molecule has 0 spiro atoms. The van der Waals surface area contributed by atoms with Crippen LogP contribution in [0.2, 0.25) is 5.02 Å². The Morgan fingerprint density at radius 2 is 2.00 bits per heavy atom. The van der Waals surface area contributed by atoms with E-state index in [4.69, 9.17) is 25.8 Å². The zero-order valence-electron chi connectivity index (χ0n) is 15.1.